The molecule has 0 aromatic heterocycles. The van der Waals surface area contributed by atoms with Gasteiger partial charge in [0.2, 0.25) is 6.03 Å². The molecule has 0 aliphatic rings. The Morgan fingerprint density at radius 3 is 1.70 bits per heavy atom. The maximum absolute atomic E-state index is 10.8. The van der Waals surface area contributed by atoms with E-state index in [0.29, 0.717) is 6.16 Å². The Hall–Kier alpha value is 0.150. The number of aliphatic hydroxyl groups excluding tert-OH is 1. The van der Waals surface area contributed by atoms with Crippen LogP contribution >= 0.6 is 7.14 Å². The zero-order valence-electron chi connectivity index (χ0n) is 5.03. The van der Waals surface area contributed by atoms with Crippen LogP contribution in [0.4, 0.5) is 0 Å². The van der Waals surface area contributed by atoms with Gasteiger partial charge in [0.1, 0.15) is 7.14 Å². The molecular weight excluding hydrogens is 151 g/mol. The summed E-state index contributed by atoms with van der Waals surface area (Å²) in [7, 11) is -2.63. The Balaban J connectivity index is -0.000000245. The van der Waals surface area contributed by atoms with Crippen LogP contribution in [-0.4, -0.2) is 29.1 Å². The van der Waals surface area contributed by atoms with Crippen LogP contribution in [0.25, 0.3) is 0 Å². The average Bonchev–Trinajstić information content (AvgIpc) is 1.67. The van der Waals surface area contributed by atoms with Crippen molar-refractivity contribution in [2.45, 2.75) is 27.8 Å². The Kier molecular flexibility index (Phi) is 9.81. The monoisotopic (exact) mass is 170 g/mol. The van der Waals surface area contributed by atoms with E-state index in [1.54, 1.807) is 6.92 Å². The Morgan fingerprint density at radius 1 is 1.40 bits per heavy atom. The predicted octanol–water partition coefficient (Wildman–Crippen LogP) is 1.54. The van der Waals surface area contributed by atoms with E-state index in [1.807, 2.05) is 0 Å². The maximum Gasteiger partial charge on any atom is 0.205 e. The van der Waals surface area contributed by atoms with Crippen molar-refractivity contribution in [3.63, 3.8) is 0 Å². The molecule has 1 atom stereocenters. The minimum Gasteiger partial charge on any atom is -0.362 e. The fraction of sp³-hybridized carbons (Fsp3) is 1.00. The van der Waals surface area contributed by atoms with E-state index >= 15 is 0 Å². The van der Waals surface area contributed by atoms with Gasteiger partial charge in [-0.25, -0.2) is 0 Å². The predicted molar refractivity (Wildman–Crippen MR) is 45.8 cm³/mol. The second-order valence-electron chi connectivity index (χ2n) is 1.84. The number of aliphatic hydroxyl groups is 2. The maximum atomic E-state index is 10.8. The zero-order valence-corrected chi connectivity index (χ0v) is 5.93. The van der Waals surface area contributed by atoms with Crippen molar-refractivity contribution in [3.8, 4) is 0 Å². The zero-order chi connectivity index (χ0) is 6.78. The fourth-order valence-corrected chi connectivity index (χ4v) is 0.490. The van der Waals surface area contributed by atoms with Crippen molar-refractivity contribution in [1.82, 2.24) is 0 Å². The van der Waals surface area contributed by atoms with Crippen LogP contribution < -0.4 is 0 Å². The molecule has 3 nitrogen and oxygen atoms in total. The SMILES string of the molecule is C.C.CCP(C)(=O)C(O)O. The summed E-state index contributed by atoms with van der Waals surface area (Å²) in [6.07, 6.45) is 0.338. The fourth-order valence-electron chi connectivity index (χ4n) is 0.163. The summed E-state index contributed by atoms with van der Waals surface area (Å²) in [4.78, 5) is 0. The molecule has 2 N–H and O–H groups in total. The van der Waals surface area contributed by atoms with Crippen LogP contribution in [0.5, 0.6) is 0 Å². The summed E-state index contributed by atoms with van der Waals surface area (Å²) in [5.74, 6) is 0. The highest BCUT2D eigenvalue weighted by atomic mass is 31.2. The summed E-state index contributed by atoms with van der Waals surface area (Å²) >= 11 is 0. The van der Waals surface area contributed by atoms with Gasteiger partial charge in [-0.05, 0) is 6.66 Å². The molecule has 1 unspecified atom stereocenters. The lowest BCUT2D eigenvalue weighted by atomic mass is 11.0. The molecule has 0 saturated carbocycles. The minimum atomic E-state index is -2.63. The molecule has 0 rings (SSSR count). The third-order valence-corrected chi connectivity index (χ3v) is 3.35. The van der Waals surface area contributed by atoms with E-state index < -0.39 is 13.2 Å². The first kappa shape index (κ1) is 16.6. The minimum absolute atomic E-state index is 0. The van der Waals surface area contributed by atoms with Gasteiger partial charge in [0.05, 0.1) is 0 Å². The molecule has 0 radical (unpaired) electrons. The van der Waals surface area contributed by atoms with E-state index in [2.05, 4.69) is 0 Å². The van der Waals surface area contributed by atoms with E-state index in [0.717, 1.165) is 0 Å². The lowest BCUT2D eigenvalue weighted by Gasteiger charge is -2.10. The van der Waals surface area contributed by atoms with Gasteiger partial charge in [-0.1, -0.05) is 21.8 Å². The largest absolute Gasteiger partial charge is 0.362 e. The van der Waals surface area contributed by atoms with Gasteiger partial charge in [0.15, 0.2) is 0 Å². The molecule has 0 amide bonds. The van der Waals surface area contributed by atoms with Crippen molar-refractivity contribution in [2.75, 3.05) is 12.8 Å². The summed E-state index contributed by atoms with van der Waals surface area (Å²) < 4.78 is 10.8. The second-order valence-corrected chi connectivity index (χ2v) is 5.28. The first-order chi connectivity index (χ1) is 3.50. The highest BCUT2D eigenvalue weighted by Gasteiger charge is 2.20. The van der Waals surface area contributed by atoms with Crippen LogP contribution in [0.15, 0.2) is 0 Å². The Labute approximate surface area is 63.5 Å². The topological polar surface area (TPSA) is 57.5 Å². The molecule has 0 aromatic rings. The van der Waals surface area contributed by atoms with Crippen LogP contribution in [-0.2, 0) is 4.57 Å². The quantitative estimate of drug-likeness (QED) is 0.488. The van der Waals surface area contributed by atoms with Gasteiger partial charge >= 0.3 is 0 Å². The molecular formula is C6H19O3P. The van der Waals surface area contributed by atoms with Gasteiger partial charge in [0, 0.05) is 6.16 Å². The first-order valence-electron chi connectivity index (χ1n) is 2.43. The lowest BCUT2D eigenvalue weighted by Crippen LogP contribution is -2.05. The van der Waals surface area contributed by atoms with Gasteiger partial charge in [-0.15, -0.1) is 0 Å². The van der Waals surface area contributed by atoms with Crippen LogP contribution in [0, 0.1) is 0 Å². The highest BCUT2D eigenvalue weighted by molar-refractivity contribution is 7.63. The molecule has 0 aromatic carbocycles. The normalized spacial score (nSPS) is 14.9. The van der Waals surface area contributed by atoms with Gasteiger partial charge in [-0.3, -0.25) is 0 Å². The van der Waals surface area contributed by atoms with E-state index in [-0.39, 0.29) is 14.9 Å². The van der Waals surface area contributed by atoms with E-state index in [9.17, 15) is 4.57 Å². The molecule has 0 bridgehead atoms. The van der Waals surface area contributed by atoms with E-state index in [4.69, 9.17) is 10.2 Å². The van der Waals surface area contributed by atoms with Crippen molar-refractivity contribution in [1.29, 1.82) is 0 Å². The summed E-state index contributed by atoms with van der Waals surface area (Å²) in [5, 5.41) is 16.7. The molecule has 0 saturated heterocycles. The third kappa shape index (κ3) is 4.98. The van der Waals surface area contributed by atoms with Crippen LogP contribution in [0.2, 0.25) is 0 Å². The van der Waals surface area contributed by atoms with Crippen molar-refractivity contribution < 1.29 is 14.8 Å². The smallest absolute Gasteiger partial charge is 0.205 e. The third-order valence-electron chi connectivity index (χ3n) is 1.12. The van der Waals surface area contributed by atoms with Gasteiger partial charge in [0.25, 0.3) is 0 Å². The average molecular weight is 170 g/mol. The highest BCUT2D eigenvalue weighted by Crippen LogP contribution is 2.43. The molecule has 0 spiro atoms. The van der Waals surface area contributed by atoms with Crippen LogP contribution in [0.1, 0.15) is 21.8 Å². The molecule has 0 aliphatic heterocycles. The Bertz CT molecular complexity index is 112. The van der Waals surface area contributed by atoms with E-state index in [1.165, 1.54) is 6.66 Å². The molecule has 4 heteroatoms. The number of hydrogen-bond acceptors (Lipinski definition) is 3. The summed E-state index contributed by atoms with van der Waals surface area (Å²) in [5.41, 5.74) is 0. The van der Waals surface area contributed by atoms with Crippen molar-refractivity contribution in [3.05, 3.63) is 0 Å². The lowest BCUT2D eigenvalue weighted by molar-refractivity contribution is 0.0293. The standard InChI is InChI=1S/C4H11O3P.2CH4/c1-3-8(2,7)4(5)6;;/h4-6H,3H2,1-2H3;2*1H4. The molecule has 0 fully saturated rings. The van der Waals surface area contributed by atoms with Crippen LogP contribution in [0.3, 0.4) is 0 Å². The molecule has 0 aliphatic carbocycles. The van der Waals surface area contributed by atoms with Crippen molar-refractivity contribution in [2.24, 2.45) is 0 Å². The number of hydrogen-bond donors (Lipinski definition) is 2. The first-order valence-corrected chi connectivity index (χ1v) is 4.84. The van der Waals surface area contributed by atoms with Gasteiger partial charge < -0.3 is 14.8 Å². The van der Waals surface area contributed by atoms with Crippen molar-refractivity contribution >= 4 is 7.14 Å². The van der Waals surface area contributed by atoms with Gasteiger partial charge in [-0.2, -0.15) is 0 Å². The second kappa shape index (κ2) is 5.90. The molecule has 0 heterocycles. The Morgan fingerprint density at radius 2 is 1.70 bits per heavy atom. The number of rotatable bonds is 2. The summed E-state index contributed by atoms with van der Waals surface area (Å²) in [6.45, 7) is 3.04. The molecule has 10 heavy (non-hydrogen) atoms. The molecule has 66 valence electrons. The summed E-state index contributed by atoms with van der Waals surface area (Å²) in [6, 6.07) is -1.63.